The number of carbonyl (C=O) groups is 1. The highest BCUT2D eigenvalue weighted by Crippen LogP contribution is 2.44. The molecule has 1 saturated heterocycles. The Morgan fingerprint density at radius 1 is 1.24 bits per heavy atom. The van der Waals surface area contributed by atoms with Crippen LogP contribution in [0.3, 0.4) is 0 Å². The zero-order chi connectivity index (χ0) is 27.3. The summed E-state index contributed by atoms with van der Waals surface area (Å²) in [7, 11) is -4.42. The molecule has 0 radical (unpaired) electrons. The maximum absolute atomic E-state index is 13.0. The van der Waals surface area contributed by atoms with Crippen LogP contribution in [0.25, 0.3) is 11.3 Å². The van der Waals surface area contributed by atoms with Crippen molar-refractivity contribution in [2.24, 2.45) is 5.73 Å². The SMILES string of the molecule is CCOc1cncc(-c2ccc(C3COCCC3(C(N)=O)c3ccnc(NS(=O)(=O)CC(F)F)n3)nc2)n1. The van der Waals surface area contributed by atoms with Crippen LogP contribution in [-0.2, 0) is 25.0 Å². The molecule has 4 rings (SSSR count). The topological polar surface area (TPSA) is 172 Å². The number of ether oxygens (including phenoxy) is 2. The number of nitrogens with zero attached hydrogens (tertiary/aromatic N) is 5. The molecule has 15 heteroatoms. The van der Waals surface area contributed by atoms with Gasteiger partial charge in [-0.1, -0.05) is 0 Å². The zero-order valence-electron chi connectivity index (χ0n) is 20.3. The summed E-state index contributed by atoms with van der Waals surface area (Å²) in [5, 5.41) is 0. The number of pyridine rings is 1. The summed E-state index contributed by atoms with van der Waals surface area (Å²) in [6.45, 7) is 2.52. The summed E-state index contributed by atoms with van der Waals surface area (Å²) in [5.74, 6) is -2.93. The van der Waals surface area contributed by atoms with Crippen LogP contribution in [0.15, 0.2) is 43.0 Å². The number of aromatic nitrogens is 5. The van der Waals surface area contributed by atoms with Gasteiger partial charge in [0.1, 0.15) is 11.2 Å². The van der Waals surface area contributed by atoms with E-state index in [0.717, 1.165) is 0 Å². The number of alkyl halides is 2. The highest BCUT2D eigenvalue weighted by molar-refractivity contribution is 7.92. The Hall–Kier alpha value is -3.85. The second-order valence-electron chi connectivity index (χ2n) is 8.40. The summed E-state index contributed by atoms with van der Waals surface area (Å²) < 4.78 is 62.2. The minimum absolute atomic E-state index is 0.0748. The van der Waals surface area contributed by atoms with Crippen LogP contribution in [0.1, 0.15) is 30.7 Å². The van der Waals surface area contributed by atoms with Crippen molar-refractivity contribution in [1.82, 2.24) is 24.9 Å². The van der Waals surface area contributed by atoms with E-state index in [1.165, 1.54) is 18.5 Å². The van der Waals surface area contributed by atoms with Crippen molar-refractivity contribution in [3.05, 3.63) is 54.4 Å². The fourth-order valence-corrected chi connectivity index (χ4v) is 5.08. The van der Waals surface area contributed by atoms with Gasteiger partial charge in [0.15, 0.2) is 0 Å². The summed E-state index contributed by atoms with van der Waals surface area (Å²) in [5.41, 5.74) is 6.26. The minimum Gasteiger partial charge on any atom is -0.477 e. The number of carbonyl (C=O) groups excluding carboxylic acids is 1. The third-order valence-electron chi connectivity index (χ3n) is 6.01. The summed E-state index contributed by atoms with van der Waals surface area (Å²) >= 11 is 0. The number of rotatable bonds is 10. The van der Waals surface area contributed by atoms with Crippen molar-refractivity contribution in [2.75, 3.05) is 30.3 Å². The van der Waals surface area contributed by atoms with E-state index < -0.39 is 45.4 Å². The predicted molar refractivity (Wildman–Crippen MR) is 131 cm³/mol. The van der Waals surface area contributed by atoms with E-state index in [1.54, 1.807) is 24.5 Å². The standard InChI is InChI=1S/C23H25F2N7O5S/c1-2-37-20-11-27-10-17(30-20)14-3-4-16(29-9-14)15-12-36-8-6-23(15,21(26)33)18-5-7-28-22(31-18)32-38(34,35)13-19(24)25/h3-5,7,9-11,15,19H,2,6,8,12-13H2,1H3,(H2,26,33)(H,28,31,32). The Labute approximate surface area is 217 Å². The first kappa shape index (κ1) is 27.2. The molecule has 4 heterocycles. The molecule has 202 valence electrons. The van der Waals surface area contributed by atoms with E-state index in [-0.39, 0.29) is 25.3 Å². The van der Waals surface area contributed by atoms with Gasteiger partial charge in [-0.3, -0.25) is 19.5 Å². The maximum Gasteiger partial charge on any atom is 0.254 e. The van der Waals surface area contributed by atoms with Gasteiger partial charge < -0.3 is 15.2 Å². The molecule has 0 spiro atoms. The van der Waals surface area contributed by atoms with Crippen LogP contribution in [0.5, 0.6) is 5.88 Å². The number of hydrogen-bond donors (Lipinski definition) is 2. The van der Waals surface area contributed by atoms with Crippen molar-refractivity contribution in [2.45, 2.75) is 31.1 Å². The zero-order valence-corrected chi connectivity index (χ0v) is 21.1. The fraction of sp³-hybridized carbons (Fsp3) is 0.391. The van der Waals surface area contributed by atoms with Crippen molar-refractivity contribution < 1.29 is 31.5 Å². The largest absolute Gasteiger partial charge is 0.477 e. The van der Waals surface area contributed by atoms with Crippen molar-refractivity contribution in [3.8, 4) is 17.1 Å². The Morgan fingerprint density at radius 3 is 2.74 bits per heavy atom. The number of anilines is 1. The second-order valence-corrected chi connectivity index (χ2v) is 10.2. The van der Waals surface area contributed by atoms with E-state index in [2.05, 4.69) is 24.9 Å². The van der Waals surface area contributed by atoms with Gasteiger partial charge >= 0.3 is 0 Å². The molecule has 1 fully saturated rings. The van der Waals surface area contributed by atoms with Gasteiger partial charge in [0, 0.05) is 36.2 Å². The average Bonchev–Trinajstić information content (AvgIpc) is 2.88. The van der Waals surface area contributed by atoms with E-state index in [0.29, 0.717) is 29.4 Å². The Balaban J connectivity index is 1.69. The van der Waals surface area contributed by atoms with Crippen LogP contribution >= 0.6 is 0 Å². The van der Waals surface area contributed by atoms with E-state index >= 15 is 0 Å². The number of hydrogen-bond acceptors (Lipinski definition) is 10. The number of primary amides is 1. The number of sulfonamides is 1. The first-order chi connectivity index (χ1) is 18.1. The van der Waals surface area contributed by atoms with Crippen LogP contribution < -0.4 is 15.2 Å². The van der Waals surface area contributed by atoms with Gasteiger partial charge in [-0.25, -0.2) is 32.2 Å². The molecule has 0 aromatic carbocycles. The van der Waals surface area contributed by atoms with Gasteiger partial charge in [-0.15, -0.1) is 0 Å². The van der Waals surface area contributed by atoms with Gasteiger partial charge in [0.25, 0.3) is 6.43 Å². The van der Waals surface area contributed by atoms with Crippen LogP contribution in [-0.4, -0.2) is 71.2 Å². The Bertz CT molecular complexity index is 1390. The van der Waals surface area contributed by atoms with Crippen molar-refractivity contribution in [1.29, 1.82) is 0 Å². The molecule has 2 atom stereocenters. The number of nitrogens with two attached hydrogens (primary N) is 1. The summed E-state index contributed by atoms with van der Waals surface area (Å²) in [6.07, 6.45) is 2.89. The predicted octanol–water partition coefficient (Wildman–Crippen LogP) is 1.66. The quantitative estimate of drug-likeness (QED) is 0.379. The highest BCUT2D eigenvalue weighted by atomic mass is 32.2. The van der Waals surface area contributed by atoms with Gasteiger partial charge in [-0.2, -0.15) is 0 Å². The summed E-state index contributed by atoms with van der Waals surface area (Å²) in [4.78, 5) is 34.1. The van der Waals surface area contributed by atoms with Crippen molar-refractivity contribution in [3.63, 3.8) is 0 Å². The number of nitrogens with one attached hydrogen (secondary N) is 1. The maximum atomic E-state index is 13.0. The monoisotopic (exact) mass is 549 g/mol. The second kappa shape index (κ2) is 11.3. The minimum atomic E-state index is -4.42. The fourth-order valence-electron chi connectivity index (χ4n) is 4.29. The molecule has 1 aliphatic heterocycles. The van der Waals surface area contributed by atoms with Crippen LogP contribution in [0.4, 0.5) is 14.7 Å². The third-order valence-corrected chi connectivity index (χ3v) is 7.19. The van der Waals surface area contributed by atoms with E-state index in [9.17, 15) is 22.0 Å². The molecular weight excluding hydrogens is 524 g/mol. The molecule has 1 amide bonds. The Kier molecular flexibility index (Phi) is 8.06. The molecule has 0 bridgehead atoms. The van der Waals surface area contributed by atoms with Gasteiger partial charge in [0.05, 0.1) is 37.0 Å². The first-order valence-corrected chi connectivity index (χ1v) is 13.2. The molecule has 0 aliphatic carbocycles. The first-order valence-electron chi connectivity index (χ1n) is 11.6. The molecule has 0 saturated carbocycles. The van der Waals surface area contributed by atoms with Gasteiger partial charge in [0.2, 0.25) is 27.8 Å². The average molecular weight is 550 g/mol. The molecule has 12 nitrogen and oxygen atoms in total. The van der Waals surface area contributed by atoms with Gasteiger partial charge in [-0.05, 0) is 31.5 Å². The number of halogens is 2. The molecular formula is C23H25F2N7O5S. The van der Waals surface area contributed by atoms with Crippen LogP contribution in [0.2, 0.25) is 0 Å². The Morgan fingerprint density at radius 2 is 2.05 bits per heavy atom. The molecule has 1 aliphatic rings. The van der Waals surface area contributed by atoms with Crippen molar-refractivity contribution >= 4 is 21.9 Å². The lowest BCUT2D eigenvalue weighted by molar-refractivity contribution is -0.128. The molecule has 3 aromatic rings. The lowest BCUT2D eigenvalue weighted by Gasteiger charge is -2.40. The normalized spacial score (nSPS) is 19.7. The highest BCUT2D eigenvalue weighted by Gasteiger charge is 2.50. The lowest BCUT2D eigenvalue weighted by Crippen LogP contribution is -2.51. The molecule has 3 N–H and O–H groups in total. The molecule has 38 heavy (non-hydrogen) atoms. The smallest absolute Gasteiger partial charge is 0.254 e. The number of amides is 1. The lowest BCUT2D eigenvalue weighted by atomic mass is 9.67. The van der Waals surface area contributed by atoms with E-state index in [4.69, 9.17) is 15.2 Å². The molecule has 3 aromatic heterocycles. The third kappa shape index (κ3) is 5.83. The van der Waals surface area contributed by atoms with E-state index in [1.807, 2.05) is 11.6 Å². The molecule has 2 unspecified atom stereocenters. The summed E-state index contributed by atoms with van der Waals surface area (Å²) in [6, 6.07) is 4.89. The van der Waals surface area contributed by atoms with Crippen LogP contribution in [0, 0.1) is 0 Å².